The van der Waals surface area contributed by atoms with Crippen LogP contribution in [0.25, 0.3) is 21.3 Å². The number of aromatic nitrogens is 2. The van der Waals surface area contributed by atoms with Gasteiger partial charge in [0.05, 0.1) is 26.1 Å². The van der Waals surface area contributed by atoms with Crippen molar-refractivity contribution in [3.8, 4) is 11.1 Å². The molecule has 27 heavy (non-hydrogen) atoms. The first-order valence-corrected chi connectivity index (χ1v) is 10.2. The van der Waals surface area contributed by atoms with Gasteiger partial charge in [0, 0.05) is 10.9 Å². The molecule has 0 saturated heterocycles. The van der Waals surface area contributed by atoms with E-state index >= 15 is 0 Å². The van der Waals surface area contributed by atoms with Gasteiger partial charge >= 0.3 is 0 Å². The second-order valence-electron chi connectivity index (χ2n) is 6.22. The van der Waals surface area contributed by atoms with Crippen molar-refractivity contribution in [1.29, 1.82) is 0 Å². The average molecular weight is 435 g/mol. The molecular weight excluding hydrogens is 421 g/mol. The van der Waals surface area contributed by atoms with Crippen LogP contribution in [-0.4, -0.2) is 9.97 Å². The highest BCUT2D eigenvalue weighted by Crippen LogP contribution is 2.40. The van der Waals surface area contributed by atoms with Crippen molar-refractivity contribution in [1.82, 2.24) is 9.97 Å². The van der Waals surface area contributed by atoms with Crippen LogP contribution in [-0.2, 0) is 0 Å². The molecule has 2 aromatic heterocycles. The van der Waals surface area contributed by atoms with Crippen molar-refractivity contribution in [2.24, 2.45) is 0 Å². The van der Waals surface area contributed by atoms with E-state index < -0.39 is 0 Å². The van der Waals surface area contributed by atoms with Gasteiger partial charge in [-0.1, -0.05) is 53.0 Å². The normalized spacial score (nSPS) is 11.1. The van der Waals surface area contributed by atoms with E-state index in [1.807, 2.05) is 0 Å². The first-order valence-electron chi connectivity index (χ1n) is 8.15. The van der Waals surface area contributed by atoms with Crippen LogP contribution in [0.1, 0.15) is 11.1 Å². The maximum Gasteiger partial charge on any atom is 0.143 e. The van der Waals surface area contributed by atoms with Crippen LogP contribution in [0.4, 0.5) is 11.5 Å². The molecule has 4 aromatic rings. The summed E-state index contributed by atoms with van der Waals surface area (Å²) in [6.45, 7) is 4.21. The van der Waals surface area contributed by atoms with E-state index in [4.69, 9.17) is 34.8 Å². The van der Waals surface area contributed by atoms with Gasteiger partial charge in [0.25, 0.3) is 0 Å². The van der Waals surface area contributed by atoms with Gasteiger partial charge in [-0.25, -0.2) is 9.97 Å². The second-order valence-corrected chi connectivity index (χ2v) is 8.30. The first-order chi connectivity index (χ1) is 12.9. The van der Waals surface area contributed by atoms with Crippen molar-refractivity contribution >= 4 is 67.9 Å². The fourth-order valence-corrected chi connectivity index (χ4v) is 4.35. The molecule has 4 rings (SSSR count). The zero-order valence-corrected chi connectivity index (χ0v) is 17.6. The van der Waals surface area contributed by atoms with E-state index in [-0.39, 0.29) is 0 Å². The smallest absolute Gasteiger partial charge is 0.143 e. The van der Waals surface area contributed by atoms with Gasteiger partial charge in [-0.15, -0.1) is 11.3 Å². The van der Waals surface area contributed by atoms with Crippen LogP contribution >= 0.6 is 46.1 Å². The second kappa shape index (κ2) is 7.28. The lowest BCUT2D eigenvalue weighted by Gasteiger charge is -2.11. The Bertz CT molecular complexity index is 1170. The number of hydrogen-bond acceptors (Lipinski definition) is 4. The summed E-state index contributed by atoms with van der Waals surface area (Å²) in [7, 11) is 0. The van der Waals surface area contributed by atoms with Crippen LogP contribution in [0.2, 0.25) is 15.1 Å². The van der Waals surface area contributed by atoms with Crippen LogP contribution < -0.4 is 5.32 Å². The predicted molar refractivity (Wildman–Crippen MR) is 117 cm³/mol. The molecule has 0 spiro atoms. The van der Waals surface area contributed by atoms with E-state index in [2.05, 4.69) is 52.7 Å². The first kappa shape index (κ1) is 18.5. The third kappa shape index (κ3) is 3.50. The molecule has 1 N–H and O–H groups in total. The minimum Gasteiger partial charge on any atom is -0.338 e. The molecule has 2 aromatic carbocycles. The fourth-order valence-electron chi connectivity index (χ4n) is 2.84. The Morgan fingerprint density at radius 2 is 1.67 bits per heavy atom. The molecule has 0 aliphatic heterocycles. The zero-order valence-electron chi connectivity index (χ0n) is 14.5. The summed E-state index contributed by atoms with van der Waals surface area (Å²) in [6.07, 6.45) is 1.54. The van der Waals surface area contributed by atoms with Crippen LogP contribution in [0.15, 0.2) is 42.0 Å². The molecule has 7 heteroatoms. The number of aryl methyl sites for hydroxylation is 2. The van der Waals surface area contributed by atoms with E-state index in [1.165, 1.54) is 17.5 Å². The van der Waals surface area contributed by atoms with Crippen molar-refractivity contribution in [2.75, 3.05) is 5.32 Å². The minimum absolute atomic E-state index is 0.409. The SMILES string of the molecule is Cc1ccc(-c2csc3ncnc(Nc4cc(Cl)c(Cl)cc4Cl)c23)cc1C. The van der Waals surface area contributed by atoms with E-state index in [9.17, 15) is 0 Å². The fraction of sp³-hybridized carbons (Fsp3) is 0.100. The molecule has 0 aliphatic carbocycles. The van der Waals surface area contributed by atoms with Gasteiger partial charge < -0.3 is 5.32 Å². The Morgan fingerprint density at radius 3 is 2.44 bits per heavy atom. The highest BCUT2D eigenvalue weighted by atomic mass is 35.5. The Labute approximate surface area is 175 Å². The lowest BCUT2D eigenvalue weighted by Crippen LogP contribution is -1.96. The molecule has 0 saturated carbocycles. The lowest BCUT2D eigenvalue weighted by atomic mass is 10.0. The Balaban J connectivity index is 1.86. The molecule has 0 fully saturated rings. The van der Waals surface area contributed by atoms with Crippen molar-refractivity contribution < 1.29 is 0 Å². The highest BCUT2D eigenvalue weighted by Gasteiger charge is 2.15. The molecule has 0 radical (unpaired) electrons. The van der Waals surface area contributed by atoms with Crippen LogP contribution in [0.5, 0.6) is 0 Å². The number of nitrogens with one attached hydrogen (secondary N) is 1. The largest absolute Gasteiger partial charge is 0.338 e. The number of nitrogens with zero attached hydrogens (tertiary/aromatic N) is 2. The van der Waals surface area contributed by atoms with Crippen molar-refractivity contribution in [2.45, 2.75) is 13.8 Å². The molecule has 0 bridgehead atoms. The van der Waals surface area contributed by atoms with Crippen molar-refractivity contribution in [3.63, 3.8) is 0 Å². The minimum atomic E-state index is 0.409. The van der Waals surface area contributed by atoms with Gasteiger partial charge in [-0.05, 0) is 42.7 Å². The maximum absolute atomic E-state index is 6.33. The number of rotatable bonds is 3. The highest BCUT2D eigenvalue weighted by molar-refractivity contribution is 7.17. The van der Waals surface area contributed by atoms with E-state index in [0.29, 0.717) is 26.6 Å². The number of anilines is 2. The van der Waals surface area contributed by atoms with Gasteiger partial charge in [-0.2, -0.15) is 0 Å². The predicted octanol–water partition coefficient (Wildman–Crippen LogP) is 7.68. The topological polar surface area (TPSA) is 37.8 Å². The quantitative estimate of drug-likeness (QED) is 0.336. The molecule has 0 aliphatic rings. The van der Waals surface area contributed by atoms with E-state index in [1.54, 1.807) is 23.5 Å². The monoisotopic (exact) mass is 433 g/mol. The van der Waals surface area contributed by atoms with Gasteiger partial charge in [0.2, 0.25) is 0 Å². The van der Waals surface area contributed by atoms with Crippen LogP contribution in [0.3, 0.4) is 0 Å². The molecule has 0 amide bonds. The number of benzene rings is 2. The summed E-state index contributed by atoms with van der Waals surface area (Å²) < 4.78 is 0. The van der Waals surface area contributed by atoms with Gasteiger partial charge in [0.15, 0.2) is 0 Å². The molecule has 0 atom stereocenters. The summed E-state index contributed by atoms with van der Waals surface area (Å²) >= 11 is 20.1. The number of hydrogen-bond donors (Lipinski definition) is 1. The van der Waals surface area contributed by atoms with Gasteiger partial charge in [0.1, 0.15) is 17.0 Å². The number of halogens is 3. The number of thiophene rings is 1. The Morgan fingerprint density at radius 1 is 0.889 bits per heavy atom. The third-order valence-corrected chi connectivity index (χ3v) is 6.37. The van der Waals surface area contributed by atoms with Crippen LogP contribution in [0, 0.1) is 13.8 Å². The average Bonchev–Trinajstić information content (AvgIpc) is 3.07. The summed E-state index contributed by atoms with van der Waals surface area (Å²) in [5.74, 6) is 0.676. The Kier molecular flexibility index (Phi) is 4.99. The molecular formula is C20H14Cl3N3S. The zero-order chi connectivity index (χ0) is 19.1. The van der Waals surface area contributed by atoms with Crippen molar-refractivity contribution in [3.05, 3.63) is 68.2 Å². The summed E-state index contributed by atoms with van der Waals surface area (Å²) in [5, 5.41) is 7.64. The number of fused-ring (bicyclic) bond motifs is 1. The molecule has 136 valence electrons. The third-order valence-electron chi connectivity index (χ3n) is 4.45. The molecule has 2 heterocycles. The summed E-state index contributed by atoms with van der Waals surface area (Å²) in [4.78, 5) is 9.75. The Hall–Kier alpha value is -1.85. The molecule has 3 nitrogen and oxygen atoms in total. The summed E-state index contributed by atoms with van der Waals surface area (Å²) in [6, 6.07) is 9.74. The van der Waals surface area contributed by atoms with E-state index in [0.717, 1.165) is 21.3 Å². The lowest BCUT2D eigenvalue weighted by molar-refractivity contribution is 1.23. The maximum atomic E-state index is 6.33. The standard InChI is InChI=1S/C20H14Cl3N3S/c1-10-3-4-12(5-11(10)2)13-8-27-20-18(13)19(24-9-25-20)26-17-7-15(22)14(21)6-16(17)23/h3-9H,1-2H3,(H,24,25,26). The van der Waals surface area contributed by atoms with Gasteiger partial charge in [-0.3, -0.25) is 0 Å². The molecule has 0 unspecified atom stereocenters. The summed E-state index contributed by atoms with van der Waals surface area (Å²) in [5.41, 5.74) is 5.35.